The van der Waals surface area contributed by atoms with E-state index in [-0.39, 0.29) is 32.2 Å². The van der Waals surface area contributed by atoms with Crippen molar-refractivity contribution in [2.45, 2.75) is 26.2 Å². The summed E-state index contributed by atoms with van der Waals surface area (Å²) in [5.74, 6) is 0.295. The molecule has 302 valence electrons. The maximum atomic E-state index is 15.6. The number of ether oxygens (including phenoxy) is 1. The molecular formula is C52H35F2N4O2Pt-3. The summed E-state index contributed by atoms with van der Waals surface area (Å²) >= 11 is 0. The Hall–Kier alpha value is -6.76. The second kappa shape index (κ2) is 14.8. The molecule has 6 nitrogen and oxygen atoms in total. The standard InChI is InChI=1S/C52H35F2N4O2.Pt/c1-52(2,3)33-21-24-45-47(28-33)57(50-42(53)16-11-17-43(50)54)31-56(45)34-26-32(37-14-10-15-41-40-13-5-7-19-48(40)60-51(37)41)27-36(29-34)59-35-22-23-39-38-12-4-6-18-44(38)58(46(39)30-35)49-20-8-9-25-55-49;/h4-28,31H,1-3H3;/q-3;. The Morgan fingerprint density at radius 1 is 0.656 bits per heavy atom. The zero-order chi connectivity index (χ0) is 40.7. The Balaban J connectivity index is 0.00000445. The second-order valence-electron chi connectivity index (χ2n) is 16.0. The SMILES string of the molecule is CC(C)(C)c1ccc2c(c1)N(c1c(F)cccc1F)[CH-]N2c1[c-]c(Oc2[c-]c3c(cc2)c2ccccc2n3-c2ccccn2)cc(-c2cccc3c2oc2ccccc23)c1.[Pt]. The molecule has 9 heteroatoms. The maximum Gasteiger partial charge on any atom is 0.147 e. The summed E-state index contributed by atoms with van der Waals surface area (Å²) in [4.78, 5) is 8.15. The molecule has 61 heavy (non-hydrogen) atoms. The van der Waals surface area contributed by atoms with Gasteiger partial charge in [0.25, 0.3) is 0 Å². The molecule has 10 aromatic rings. The van der Waals surface area contributed by atoms with Gasteiger partial charge >= 0.3 is 0 Å². The van der Waals surface area contributed by atoms with E-state index in [2.05, 4.69) is 72.8 Å². The minimum atomic E-state index is -0.674. The molecule has 4 heterocycles. The summed E-state index contributed by atoms with van der Waals surface area (Å²) < 4.78 is 46.6. The van der Waals surface area contributed by atoms with Crippen LogP contribution < -0.4 is 14.5 Å². The zero-order valence-electron chi connectivity index (χ0n) is 33.2. The number of hydrogen-bond donors (Lipinski definition) is 0. The maximum absolute atomic E-state index is 15.6. The van der Waals surface area contributed by atoms with E-state index in [1.54, 1.807) is 17.8 Å². The number of rotatable bonds is 6. The molecule has 0 N–H and O–H groups in total. The van der Waals surface area contributed by atoms with Crippen LogP contribution in [0.1, 0.15) is 26.3 Å². The van der Waals surface area contributed by atoms with Gasteiger partial charge in [0.15, 0.2) is 0 Å². The van der Waals surface area contributed by atoms with E-state index in [0.717, 1.165) is 71.9 Å². The number of pyridine rings is 1. The number of halogens is 2. The molecule has 0 amide bonds. The van der Waals surface area contributed by atoms with Crippen LogP contribution in [-0.2, 0) is 26.5 Å². The quantitative estimate of drug-likeness (QED) is 0.155. The molecule has 0 unspecified atom stereocenters. The van der Waals surface area contributed by atoms with Gasteiger partial charge in [-0.25, -0.2) is 13.8 Å². The van der Waals surface area contributed by atoms with Crippen LogP contribution in [0.2, 0.25) is 0 Å². The van der Waals surface area contributed by atoms with Gasteiger partial charge in [-0.05, 0) is 64.9 Å². The Morgan fingerprint density at radius 3 is 2.21 bits per heavy atom. The van der Waals surface area contributed by atoms with E-state index in [1.807, 2.05) is 102 Å². The van der Waals surface area contributed by atoms with Crippen LogP contribution in [0, 0.1) is 30.4 Å². The normalized spacial score (nSPS) is 12.7. The third kappa shape index (κ3) is 6.45. The number of para-hydroxylation sites is 4. The summed E-state index contributed by atoms with van der Waals surface area (Å²) in [6.07, 6.45) is 1.78. The second-order valence-corrected chi connectivity index (χ2v) is 16.0. The topological polar surface area (TPSA) is 46.7 Å². The van der Waals surface area contributed by atoms with Crippen molar-refractivity contribution in [3.8, 4) is 28.4 Å². The van der Waals surface area contributed by atoms with Gasteiger partial charge in [-0.1, -0.05) is 99.1 Å². The van der Waals surface area contributed by atoms with Crippen molar-refractivity contribution in [3.05, 3.63) is 188 Å². The first-order valence-electron chi connectivity index (χ1n) is 19.7. The van der Waals surface area contributed by atoms with E-state index in [1.165, 1.54) is 18.2 Å². The number of nitrogens with zero attached hydrogens (tertiary/aromatic N) is 4. The van der Waals surface area contributed by atoms with E-state index in [9.17, 15) is 0 Å². The van der Waals surface area contributed by atoms with Gasteiger partial charge in [-0.2, -0.15) is 6.07 Å². The number of benzene rings is 7. The van der Waals surface area contributed by atoms with Crippen LogP contribution in [0.15, 0.2) is 156 Å². The molecule has 0 saturated heterocycles. The predicted molar refractivity (Wildman–Crippen MR) is 236 cm³/mol. The van der Waals surface area contributed by atoms with Crippen molar-refractivity contribution >= 4 is 66.5 Å². The number of furan rings is 1. The van der Waals surface area contributed by atoms with Crippen LogP contribution in [0.3, 0.4) is 0 Å². The van der Waals surface area contributed by atoms with Crippen molar-refractivity contribution in [2.75, 3.05) is 9.80 Å². The Morgan fingerprint density at radius 2 is 1.41 bits per heavy atom. The van der Waals surface area contributed by atoms with Crippen molar-refractivity contribution < 1.29 is 39.0 Å². The molecule has 0 radical (unpaired) electrons. The van der Waals surface area contributed by atoms with Crippen molar-refractivity contribution in [1.29, 1.82) is 0 Å². The Bertz CT molecular complexity index is 3300. The molecule has 0 spiro atoms. The van der Waals surface area contributed by atoms with Gasteiger partial charge < -0.3 is 23.5 Å². The first-order valence-corrected chi connectivity index (χ1v) is 19.7. The monoisotopic (exact) mass is 980 g/mol. The Kier molecular flexibility index (Phi) is 9.30. The fourth-order valence-corrected chi connectivity index (χ4v) is 8.34. The largest absolute Gasteiger partial charge is 0.509 e. The first-order chi connectivity index (χ1) is 29.2. The number of fused-ring (bicyclic) bond motifs is 7. The average Bonchev–Trinajstić information content (AvgIpc) is 3.93. The fraction of sp³-hybridized carbons (Fsp3) is 0.0769. The minimum absolute atomic E-state index is 0. The third-order valence-electron chi connectivity index (χ3n) is 11.2. The van der Waals surface area contributed by atoms with Gasteiger partial charge in [0.05, 0.1) is 5.69 Å². The van der Waals surface area contributed by atoms with Crippen molar-refractivity contribution in [3.63, 3.8) is 0 Å². The Labute approximate surface area is 365 Å². The van der Waals surface area contributed by atoms with Gasteiger partial charge in [-0.15, -0.1) is 53.6 Å². The summed E-state index contributed by atoms with van der Waals surface area (Å²) in [6, 6.07) is 53.0. The van der Waals surface area contributed by atoms with Crippen molar-refractivity contribution in [1.82, 2.24) is 9.55 Å². The number of hydrogen-bond acceptors (Lipinski definition) is 5. The van der Waals surface area contributed by atoms with E-state index >= 15 is 8.78 Å². The molecule has 0 fully saturated rings. The molecule has 0 aliphatic carbocycles. The molecule has 3 aromatic heterocycles. The summed E-state index contributed by atoms with van der Waals surface area (Å²) in [6.45, 7) is 8.05. The van der Waals surface area contributed by atoms with Crippen LogP contribution in [0.5, 0.6) is 11.5 Å². The molecule has 11 rings (SSSR count). The van der Waals surface area contributed by atoms with Crippen LogP contribution in [0.25, 0.3) is 60.7 Å². The summed E-state index contributed by atoms with van der Waals surface area (Å²) in [5, 5.41) is 4.08. The van der Waals surface area contributed by atoms with E-state index < -0.39 is 11.6 Å². The zero-order valence-corrected chi connectivity index (χ0v) is 35.5. The predicted octanol–water partition coefficient (Wildman–Crippen LogP) is 14.1. The molecule has 0 saturated carbocycles. The molecule has 0 bridgehead atoms. The van der Waals surface area contributed by atoms with Gasteiger partial charge in [0.1, 0.15) is 28.6 Å². The van der Waals surface area contributed by atoms with E-state index in [0.29, 0.717) is 22.9 Å². The van der Waals surface area contributed by atoms with Crippen molar-refractivity contribution in [2.24, 2.45) is 0 Å². The fourth-order valence-electron chi connectivity index (χ4n) is 8.34. The number of anilines is 4. The van der Waals surface area contributed by atoms with Gasteiger partial charge in [0, 0.05) is 72.0 Å². The van der Waals surface area contributed by atoms with Gasteiger partial charge in [-0.3, -0.25) is 0 Å². The first kappa shape index (κ1) is 38.4. The molecule has 1 aliphatic rings. The molecular weight excluding hydrogens is 946 g/mol. The smallest absolute Gasteiger partial charge is 0.147 e. The molecule has 7 aromatic carbocycles. The molecule has 0 atom stereocenters. The minimum Gasteiger partial charge on any atom is -0.509 e. The molecule has 1 aliphatic heterocycles. The third-order valence-corrected chi connectivity index (χ3v) is 11.2. The van der Waals surface area contributed by atoms with Crippen LogP contribution in [-0.4, -0.2) is 9.55 Å². The van der Waals surface area contributed by atoms with E-state index in [4.69, 9.17) is 9.15 Å². The van der Waals surface area contributed by atoms with Crippen LogP contribution in [0.4, 0.5) is 31.5 Å². The van der Waals surface area contributed by atoms with Gasteiger partial charge in [0.2, 0.25) is 0 Å². The number of aromatic nitrogens is 2. The summed E-state index contributed by atoms with van der Waals surface area (Å²) in [5.41, 5.74) is 7.54. The average molecular weight is 981 g/mol. The van der Waals surface area contributed by atoms with Crippen LogP contribution >= 0.6 is 0 Å². The summed E-state index contributed by atoms with van der Waals surface area (Å²) in [7, 11) is 0.